The fraction of sp³-hybridized carbons (Fsp3) is 0.250. The minimum Gasteiger partial charge on any atom is -0.480 e. The van der Waals surface area contributed by atoms with E-state index in [-0.39, 0.29) is 11.8 Å². The number of fused-ring (bicyclic) bond motifs is 1. The Balaban J connectivity index is 1.78. The van der Waals surface area contributed by atoms with Gasteiger partial charge in [-0.2, -0.15) is 0 Å². The third-order valence-corrected chi connectivity index (χ3v) is 3.56. The van der Waals surface area contributed by atoms with Crippen LogP contribution in [0.1, 0.15) is 18.4 Å². The highest BCUT2D eigenvalue weighted by Gasteiger charge is 2.36. The molecule has 1 aromatic heterocycles. The predicted octanol–water partition coefficient (Wildman–Crippen LogP) is 2.04. The Morgan fingerprint density at radius 3 is 3.00 bits per heavy atom. The van der Waals surface area contributed by atoms with Crippen LogP contribution in [0.4, 0.5) is 5.00 Å². The van der Waals surface area contributed by atoms with Crippen LogP contribution in [0.3, 0.4) is 0 Å². The van der Waals surface area contributed by atoms with Gasteiger partial charge in [0.2, 0.25) is 0 Å². The lowest BCUT2D eigenvalue weighted by Crippen LogP contribution is -2.33. The van der Waals surface area contributed by atoms with E-state index in [0.717, 1.165) is 22.8 Å². The molecule has 0 saturated heterocycles. The maximum absolute atomic E-state index is 12.1. The number of carbonyl (C=O) groups is 1. The number of para-hydroxylation sites is 1. The number of anilines is 1. The SMILES string of the molecule is C[C@@H]1c2ccccc2O[C@@H]1C(=O)Nc1cnns1. The average molecular weight is 261 g/mol. The quantitative estimate of drug-likeness (QED) is 0.898. The van der Waals surface area contributed by atoms with Gasteiger partial charge in [-0.1, -0.05) is 29.6 Å². The Kier molecular flexibility index (Phi) is 2.71. The van der Waals surface area contributed by atoms with Crippen LogP contribution in [-0.4, -0.2) is 21.6 Å². The van der Waals surface area contributed by atoms with E-state index in [4.69, 9.17) is 4.74 Å². The second-order valence-electron chi connectivity index (χ2n) is 4.14. The van der Waals surface area contributed by atoms with Crippen molar-refractivity contribution in [3.05, 3.63) is 36.0 Å². The lowest BCUT2D eigenvalue weighted by Gasteiger charge is -2.13. The van der Waals surface area contributed by atoms with Crippen LogP contribution in [0.5, 0.6) is 5.75 Å². The van der Waals surface area contributed by atoms with Crippen molar-refractivity contribution >= 4 is 22.4 Å². The second-order valence-corrected chi connectivity index (χ2v) is 4.92. The predicted molar refractivity (Wildman–Crippen MR) is 67.8 cm³/mol. The molecule has 0 saturated carbocycles. The Morgan fingerprint density at radius 1 is 1.44 bits per heavy atom. The van der Waals surface area contributed by atoms with Gasteiger partial charge in [0.25, 0.3) is 5.91 Å². The number of hydrogen-bond donors (Lipinski definition) is 1. The summed E-state index contributed by atoms with van der Waals surface area (Å²) in [5.41, 5.74) is 1.07. The first-order valence-electron chi connectivity index (χ1n) is 5.59. The highest BCUT2D eigenvalue weighted by Crippen LogP contribution is 2.37. The topological polar surface area (TPSA) is 64.1 Å². The molecule has 3 rings (SSSR count). The molecule has 92 valence electrons. The Bertz CT molecular complexity index is 570. The van der Waals surface area contributed by atoms with Gasteiger partial charge in [-0.15, -0.1) is 5.10 Å². The molecule has 0 unspecified atom stereocenters. The van der Waals surface area contributed by atoms with Gasteiger partial charge in [0, 0.05) is 23.0 Å². The van der Waals surface area contributed by atoms with Crippen LogP contribution in [0.2, 0.25) is 0 Å². The molecular formula is C12H11N3O2S. The van der Waals surface area contributed by atoms with Gasteiger partial charge in [-0.3, -0.25) is 4.79 Å². The first kappa shape index (κ1) is 11.2. The summed E-state index contributed by atoms with van der Waals surface area (Å²) in [6.45, 7) is 1.99. The zero-order valence-corrected chi connectivity index (χ0v) is 10.5. The fourth-order valence-electron chi connectivity index (χ4n) is 2.06. The van der Waals surface area contributed by atoms with Crippen molar-refractivity contribution in [3.8, 4) is 5.75 Å². The molecule has 5 nitrogen and oxygen atoms in total. The molecule has 0 aliphatic carbocycles. The van der Waals surface area contributed by atoms with Gasteiger partial charge in [0.1, 0.15) is 10.8 Å². The van der Waals surface area contributed by atoms with Crippen molar-refractivity contribution in [2.45, 2.75) is 18.9 Å². The van der Waals surface area contributed by atoms with Gasteiger partial charge in [-0.05, 0) is 6.07 Å². The number of ether oxygens (including phenoxy) is 1. The molecule has 0 radical (unpaired) electrons. The third-order valence-electron chi connectivity index (χ3n) is 2.98. The van der Waals surface area contributed by atoms with Crippen LogP contribution in [-0.2, 0) is 4.79 Å². The molecule has 0 bridgehead atoms. The van der Waals surface area contributed by atoms with E-state index in [9.17, 15) is 4.79 Å². The number of aromatic nitrogens is 2. The average Bonchev–Trinajstić information content (AvgIpc) is 2.98. The molecule has 1 aliphatic rings. The maximum Gasteiger partial charge on any atom is 0.266 e. The van der Waals surface area contributed by atoms with Crippen LogP contribution in [0.25, 0.3) is 0 Å². The molecule has 1 aromatic carbocycles. The van der Waals surface area contributed by atoms with Crippen molar-refractivity contribution in [2.75, 3.05) is 5.32 Å². The number of carbonyl (C=O) groups excluding carboxylic acids is 1. The summed E-state index contributed by atoms with van der Waals surface area (Å²) >= 11 is 1.15. The van der Waals surface area contributed by atoms with Crippen LogP contribution in [0, 0.1) is 0 Å². The van der Waals surface area contributed by atoms with E-state index in [2.05, 4.69) is 14.9 Å². The minimum absolute atomic E-state index is 0.0436. The summed E-state index contributed by atoms with van der Waals surface area (Å²) < 4.78 is 9.38. The number of rotatable bonds is 2. The molecule has 0 spiro atoms. The number of hydrogen-bond acceptors (Lipinski definition) is 5. The van der Waals surface area contributed by atoms with Crippen LogP contribution in [0.15, 0.2) is 30.5 Å². The maximum atomic E-state index is 12.1. The first-order valence-corrected chi connectivity index (χ1v) is 6.37. The number of nitrogens with zero attached hydrogens (tertiary/aromatic N) is 2. The molecule has 18 heavy (non-hydrogen) atoms. The smallest absolute Gasteiger partial charge is 0.266 e. The summed E-state index contributed by atoms with van der Waals surface area (Å²) in [4.78, 5) is 12.1. The van der Waals surface area contributed by atoms with E-state index in [1.807, 2.05) is 31.2 Å². The molecule has 0 fully saturated rings. The van der Waals surface area contributed by atoms with Crippen LogP contribution >= 0.6 is 11.5 Å². The summed E-state index contributed by atoms with van der Waals surface area (Å²) in [6.07, 6.45) is 1.03. The Hall–Kier alpha value is -1.95. The molecule has 1 N–H and O–H groups in total. The molecule has 1 aliphatic heterocycles. The molecule has 6 heteroatoms. The van der Waals surface area contributed by atoms with E-state index in [1.165, 1.54) is 6.20 Å². The lowest BCUT2D eigenvalue weighted by atomic mass is 9.97. The molecule has 1 amide bonds. The molecule has 2 atom stereocenters. The van der Waals surface area contributed by atoms with Gasteiger partial charge < -0.3 is 10.1 Å². The number of amides is 1. The standard InChI is InChI=1S/C12H11N3O2S/c1-7-8-4-2-3-5-9(8)17-11(7)12(16)14-10-6-13-15-18-10/h2-7,11H,1H3,(H,14,16)/t7-,11+/m1/s1. The van der Waals surface area contributed by atoms with Crippen molar-refractivity contribution in [2.24, 2.45) is 0 Å². The highest BCUT2D eigenvalue weighted by atomic mass is 32.1. The normalized spacial score (nSPS) is 21.2. The molecular weight excluding hydrogens is 250 g/mol. The summed E-state index contributed by atoms with van der Waals surface area (Å²) in [7, 11) is 0. The summed E-state index contributed by atoms with van der Waals surface area (Å²) in [6, 6.07) is 7.72. The van der Waals surface area contributed by atoms with Gasteiger partial charge >= 0.3 is 0 Å². The highest BCUT2D eigenvalue weighted by molar-refractivity contribution is 7.10. The summed E-state index contributed by atoms with van der Waals surface area (Å²) in [5.74, 6) is 0.666. The zero-order valence-electron chi connectivity index (χ0n) is 9.66. The van der Waals surface area contributed by atoms with Gasteiger partial charge in [0.05, 0.1) is 6.20 Å². The van der Waals surface area contributed by atoms with E-state index < -0.39 is 6.10 Å². The number of nitrogens with one attached hydrogen (secondary N) is 1. The van der Waals surface area contributed by atoms with Crippen LogP contribution < -0.4 is 10.1 Å². The van der Waals surface area contributed by atoms with E-state index >= 15 is 0 Å². The zero-order chi connectivity index (χ0) is 12.5. The number of benzene rings is 1. The molecule has 2 aromatic rings. The van der Waals surface area contributed by atoms with Crippen molar-refractivity contribution in [1.29, 1.82) is 0 Å². The minimum atomic E-state index is -0.496. The largest absolute Gasteiger partial charge is 0.480 e. The fourth-order valence-corrected chi connectivity index (χ4v) is 2.48. The van der Waals surface area contributed by atoms with E-state index in [0.29, 0.717) is 5.00 Å². The third kappa shape index (κ3) is 1.84. The first-order chi connectivity index (χ1) is 8.75. The summed E-state index contributed by atoms with van der Waals surface area (Å²) in [5, 5.41) is 7.06. The van der Waals surface area contributed by atoms with Crippen molar-refractivity contribution < 1.29 is 9.53 Å². The van der Waals surface area contributed by atoms with Gasteiger partial charge in [-0.25, -0.2) is 0 Å². The van der Waals surface area contributed by atoms with Crippen molar-refractivity contribution in [3.63, 3.8) is 0 Å². The molecule has 2 heterocycles. The lowest BCUT2D eigenvalue weighted by molar-refractivity contribution is -0.122. The monoisotopic (exact) mass is 261 g/mol. The Labute approximate surface area is 108 Å². The van der Waals surface area contributed by atoms with E-state index in [1.54, 1.807) is 0 Å². The Morgan fingerprint density at radius 2 is 2.28 bits per heavy atom. The second kappa shape index (κ2) is 4.38. The van der Waals surface area contributed by atoms with Gasteiger partial charge in [0.15, 0.2) is 6.10 Å². The van der Waals surface area contributed by atoms with Crippen molar-refractivity contribution in [1.82, 2.24) is 9.59 Å².